The van der Waals surface area contributed by atoms with E-state index < -0.39 is 0 Å². The van der Waals surface area contributed by atoms with E-state index in [1.807, 2.05) is 26.0 Å². The zero-order valence-corrected chi connectivity index (χ0v) is 17.5. The number of methoxy groups -OCH3 is 1. The predicted molar refractivity (Wildman–Crippen MR) is 110 cm³/mol. The number of hydrogen-bond donors (Lipinski definition) is 2. The summed E-state index contributed by atoms with van der Waals surface area (Å²) in [5.41, 5.74) is 1.17. The van der Waals surface area contributed by atoms with Crippen molar-refractivity contribution in [3.05, 3.63) is 29.8 Å². The van der Waals surface area contributed by atoms with Gasteiger partial charge in [-0.05, 0) is 64.5 Å². The molecule has 156 valence electrons. The minimum Gasteiger partial charge on any atom is -0.497 e. The molecule has 1 atom stereocenters. The molecule has 1 fully saturated rings. The molecule has 28 heavy (non-hydrogen) atoms. The number of rotatable bonds is 10. The number of nitrogens with one attached hydrogen (secondary N) is 2. The van der Waals surface area contributed by atoms with Gasteiger partial charge in [-0.2, -0.15) is 0 Å². The fourth-order valence-electron chi connectivity index (χ4n) is 3.52. The van der Waals surface area contributed by atoms with Crippen LogP contribution in [-0.4, -0.2) is 74.5 Å². The van der Waals surface area contributed by atoms with Crippen molar-refractivity contribution < 1.29 is 14.3 Å². The fraction of sp³-hybridized carbons (Fsp3) is 0.619. The number of likely N-dealkylation sites (N-methyl/N-ethyl adjacent to an activating group) is 1. The molecule has 1 saturated heterocycles. The lowest BCUT2D eigenvalue weighted by atomic mass is 10.1. The van der Waals surface area contributed by atoms with Crippen LogP contribution in [0, 0.1) is 0 Å². The highest BCUT2D eigenvalue weighted by atomic mass is 16.5. The first-order valence-corrected chi connectivity index (χ1v) is 10.0. The van der Waals surface area contributed by atoms with Crippen LogP contribution in [0.15, 0.2) is 24.3 Å². The molecular weight excluding hydrogens is 356 g/mol. The van der Waals surface area contributed by atoms with Gasteiger partial charge in [-0.25, -0.2) is 0 Å². The number of likely N-dealkylation sites (tertiary alicyclic amines) is 1. The molecule has 1 heterocycles. The molecule has 0 aromatic heterocycles. The van der Waals surface area contributed by atoms with Crippen molar-refractivity contribution in [3.63, 3.8) is 0 Å². The van der Waals surface area contributed by atoms with Gasteiger partial charge >= 0.3 is 0 Å². The van der Waals surface area contributed by atoms with Crippen LogP contribution in [0.2, 0.25) is 0 Å². The van der Waals surface area contributed by atoms with E-state index in [0.717, 1.165) is 18.8 Å². The summed E-state index contributed by atoms with van der Waals surface area (Å²) in [6, 6.07) is 8.29. The summed E-state index contributed by atoms with van der Waals surface area (Å²) < 4.78 is 5.25. The summed E-state index contributed by atoms with van der Waals surface area (Å²) in [6.45, 7) is 6.88. The van der Waals surface area contributed by atoms with Gasteiger partial charge < -0.3 is 15.4 Å². The lowest BCUT2D eigenvalue weighted by Gasteiger charge is -2.28. The smallest absolute Gasteiger partial charge is 0.234 e. The topological polar surface area (TPSA) is 73.9 Å². The molecule has 7 nitrogen and oxygen atoms in total. The zero-order valence-electron chi connectivity index (χ0n) is 17.5. The Balaban J connectivity index is 1.89. The van der Waals surface area contributed by atoms with Gasteiger partial charge in [-0.3, -0.25) is 19.4 Å². The van der Waals surface area contributed by atoms with Crippen LogP contribution in [0.25, 0.3) is 0 Å². The SMILES string of the molecule is COc1ccc([C@H](CNC(=O)CN(C)CC(=O)NC(C)C)N2CCCC2)cc1. The molecule has 1 aromatic rings. The van der Waals surface area contributed by atoms with E-state index in [0.29, 0.717) is 6.54 Å². The van der Waals surface area contributed by atoms with Crippen molar-refractivity contribution >= 4 is 11.8 Å². The Kier molecular flexibility index (Phi) is 8.73. The van der Waals surface area contributed by atoms with Crippen LogP contribution in [-0.2, 0) is 9.59 Å². The summed E-state index contributed by atoms with van der Waals surface area (Å²) in [5, 5.41) is 5.88. The van der Waals surface area contributed by atoms with Crippen LogP contribution >= 0.6 is 0 Å². The van der Waals surface area contributed by atoms with E-state index in [2.05, 4.69) is 27.7 Å². The quantitative estimate of drug-likeness (QED) is 0.632. The van der Waals surface area contributed by atoms with E-state index in [9.17, 15) is 9.59 Å². The van der Waals surface area contributed by atoms with Crippen LogP contribution in [0.3, 0.4) is 0 Å². The summed E-state index contributed by atoms with van der Waals surface area (Å²) in [7, 11) is 3.44. The second-order valence-electron chi connectivity index (χ2n) is 7.73. The molecule has 0 aliphatic carbocycles. The molecule has 1 aliphatic rings. The van der Waals surface area contributed by atoms with Crippen molar-refractivity contribution in [1.29, 1.82) is 0 Å². The van der Waals surface area contributed by atoms with Crippen molar-refractivity contribution in [2.75, 3.05) is 46.9 Å². The maximum Gasteiger partial charge on any atom is 0.234 e. The Labute approximate surface area is 168 Å². The number of benzene rings is 1. The molecule has 0 spiro atoms. The summed E-state index contributed by atoms with van der Waals surface area (Å²) in [5.74, 6) is 0.685. The largest absolute Gasteiger partial charge is 0.497 e. The third-order valence-electron chi connectivity index (χ3n) is 4.85. The third-order valence-corrected chi connectivity index (χ3v) is 4.85. The molecule has 0 unspecified atom stereocenters. The van der Waals surface area contributed by atoms with E-state index in [-0.39, 0.29) is 37.0 Å². The van der Waals surface area contributed by atoms with E-state index in [1.165, 1.54) is 18.4 Å². The standard InChI is InChI=1S/C21H34N4O3/c1-16(2)23-21(27)15-24(3)14-20(26)22-13-19(25-11-5-6-12-25)17-7-9-18(28-4)10-8-17/h7-10,16,19H,5-6,11-15H2,1-4H3,(H,22,26)(H,23,27)/t19-/m0/s1. The molecule has 7 heteroatoms. The minimum atomic E-state index is -0.0717. The van der Waals surface area contributed by atoms with Gasteiger partial charge in [0, 0.05) is 12.6 Å². The number of ether oxygens (including phenoxy) is 1. The molecule has 1 aliphatic heterocycles. The Hall–Kier alpha value is -2.12. The first-order chi connectivity index (χ1) is 13.4. The summed E-state index contributed by atoms with van der Waals surface area (Å²) >= 11 is 0. The van der Waals surface area contributed by atoms with Gasteiger partial charge in [0.1, 0.15) is 5.75 Å². The lowest BCUT2D eigenvalue weighted by Crippen LogP contribution is -2.44. The molecule has 1 aromatic carbocycles. The van der Waals surface area contributed by atoms with Gasteiger partial charge in [-0.1, -0.05) is 12.1 Å². The monoisotopic (exact) mass is 390 g/mol. The van der Waals surface area contributed by atoms with Crippen LogP contribution in [0.1, 0.15) is 38.3 Å². The number of nitrogens with zero attached hydrogens (tertiary/aromatic N) is 2. The van der Waals surface area contributed by atoms with E-state index >= 15 is 0 Å². The second kappa shape index (κ2) is 11.0. The normalized spacial score (nSPS) is 15.6. The average molecular weight is 391 g/mol. The molecule has 2 rings (SSSR count). The van der Waals surface area contributed by atoms with Gasteiger partial charge in [-0.15, -0.1) is 0 Å². The first-order valence-electron chi connectivity index (χ1n) is 10.0. The molecule has 0 saturated carbocycles. The Morgan fingerprint density at radius 1 is 1.11 bits per heavy atom. The van der Waals surface area contributed by atoms with E-state index in [1.54, 1.807) is 19.1 Å². The van der Waals surface area contributed by atoms with Crippen molar-refractivity contribution in [3.8, 4) is 5.75 Å². The zero-order chi connectivity index (χ0) is 20.5. The first kappa shape index (κ1) is 22.2. The molecule has 0 radical (unpaired) electrons. The van der Waals surface area contributed by atoms with Crippen LogP contribution in [0.5, 0.6) is 5.75 Å². The Bertz CT molecular complexity index is 627. The summed E-state index contributed by atoms with van der Waals surface area (Å²) in [6.07, 6.45) is 2.38. The fourth-order valence-corrected chi connectivity index (χ4v) is 3.52. The average Bonchev–Trinajstić information content (AvgIpc) is 3.15. The predicted octanol–water partition coefficient (Wildman–Crippen LogP) is 1.40. The van der Waals surface area contributed by atoms with Gasteiger partial charge in [0.05, 0.1) is 26.2 Å². The van der Waals surface area contributed by atoms with Crippen molar-refractivity contribution in [1.82, 2.24) is 20.4 Å². The van der Waals surface area contributed by atoms with Crippen molar-refractivity contribution in [2.24, 2.45) is 0 Å². The Morgan fingerprint density at radius 3 is 2.29 bits per heavy atom. The molecule has 2 amide bonds. The second-order valence-corrected chi connectivity index (χ2v) is 7.73. The van der Waals surface area contributed by atoms with Gasteiger partial charge in [0.15, 0.2) is 0 Å². The van der Waals surface area contributed by atoms with Crippen LogP contribution < -0.4 is 15.4 Å². The number of carbonyl (C=O) groups is 2. The number of carbonyl (C=O) groups excluding carboxylic acids is 2. The maximum atomic E-state index is 12.4. The van der Waals surface area contributed by atoms with E-state index in [4.69, 9.17) is 4.74 Å². The highest BCUT2D eigenvalue weighted by Crippen LogP contribution is 2.26. The third kappa shape index (κ3) is 7.13. The maximum absolute atomic E-state index is 12.4. The Morgan fingerprint density at radius 2 is 1.71 bits per heavy atom. The highest BCUT2D eigenvalue weighted by Gasteiger charge is 2.24. The summed E-state index contributed by atoms with van der Waals surface area (Å²) in [4.78, 5) is 28.4. The van der Waals surface area contributed by atoms with Crippen molar-refractivity contribution in [2.45, 2.75) is 38.8 Å². The molecule has 0 bridgehead atoms. The minimum absolute atomic E-state index is 0.0709. The molecule has 2 N–H and O–H groups in total. The van der Waals surface area contributed by atoms with Gasteiger partial charge in [0.25, 0.3) is 0 Å². The highest BCUT2D eigenvalue weighted by molar-refractivity contribution is 5.81. The number of amides is 2. The lowest BCUT2D eigenvalue weighted by molar-refractivity contribution is -0.124. The van der Waals surface area contributed by atoms with Crippen LogP contribution in [0.4, 0.5) is 0 Å². The molecular formula is C21H34N4O3. The number of hydrogen-bond acceptors (Lipinski definition) is 5. The van der Waals surface area contributed by atoms with Gasteiger partial charge in [0.2, 0.25) is 11.8 Å².